The van der Waals surface area contributed by atoms with Crippen LogP contribution in [0.3, 0.4) is 0 Å². The summed E-state index contributed by atoms with van der Waals surface area (Å²) in [4.78, 5) is 4.54. The van der Waals surface area contributed by atoms with Crippen LogP contribution in [0.1, 0.15) is 38.3 Å². The second-order valence-corrected chi connectivity index (χ2v) is 5.73. The summed E-state index contributed by atoms with van der Waals surface area (Å²) in [6.07, 6.45) is 1.09. The van der Waals surface area contributed by atoms with E-state index in [1.54, 1.807) is 0 Å². The Labute approximate surface area is 162 Å². The third-order valence-corrected chi connectivity index (χ3v) is 3.23. The standard InChI is InChI=1S/C18H28N4O.HI/c1-4-20-18(21-10-12-23-11-9-15(2)3)22-14-17-7-5-16(13-19)6-8-17;/h5-8,15H,4,9-12,14H2,1-3H3,(H2,20,21,22);1H. The molecule has 1 rings (SSSR count). The van der Waals surface area contributed by atoms with Crippen LogP contribution >= 0.6 is 24.0 Å². The molecule has 0 saturated carbocycles. The average Bonchev–Trinajstić information content (AvgIpc) is 2.55. The van der Waals surface area contributed by atoms with Gasteiger partial charge in [0.1, 0.15) is 0 Å². The SMILES string of the molecule is CCNC(=NCc1ccc(C#N)cc1)NCCOCCC(C)C.I. The van der Waals surface area contributed by atoms with Crippen molar-refractivity contribution in [1.82, 2.24) is 10.6 Å². The van der Waals surface area contributed by atoms with Crippen molar-refractivity contribution in [2.45, 2.75) is 33.7 Å². The van der Waals surface area contributed by atoms with Gasteiger partial charge < -0.3 is 15.4 Å². The van der Waals surface area contributed by atoms with E-state index in [2.05, 4.69) is 35.5 Å². The Balaban J connectivity index is 0.00000529. The molecule has 24 heavy (non-hydrogen) atoms. The first-order valence-corrected chi connectivity index (χ1v) is 8.24. The summed E-state index contributed by atoms with van der Waals surface area (Å²) in [5, 5.41) is 15.3. The molecule has 134 valence electrons. The quantitative estimate of drug-likeness (QED) is 0.266. The molecule has 0 bridgehead atoms. The zero-order valence-corrected chi connectivity index (χ0v) is 17.2. The zero-order chi connectivity index (χ0) is 16.9. The first kappa shape index (κ1) is 22.7. The molecule has 0 heterocycles. The fraction of sp³-hybridized carbons (Fsp3) is 0.556. The monoisotopic (exact) mass is 444 g/mol. The Hall–Kier alpha value is -1.33. The summed E-state index contributed by atoms with van der Waals surface area (Å²) in [6, 6.07) is 9.61. The normalized spacial score (nSPS) is 10.9. The minimum atomic E-state index is 0. The van der Waals surface area contributed by atoms with Crippen molar-refractivity contribution in [2.24, 2.45) is 10.9 Å². The van der Waals surface area contributed by atoms with Gasteiger partial charge in [0.05, 0.1) is 24.8 Å². The van der Waals surface area contributed by atoms with E-state index in [0.717, 1.165) is 37.6 Å². The van der Waals surface area contributed by atoms with E-state index in [1.165, 1.54) is 0 Å². The molecule has 6 heteroatoms. The van der Waals surface area contributed by atoms with Crippen molar-refractivity contribution in [1.29, 1.82) is 5.26 Å². The molecule has 0 spiro atoms. The Morgan fingerprint density at radius 1 is 1.21 bits per heavy atom. The highest BCUT2D eigenvalue weighted by Crippen LogP contribution is 2.04. The van der Waals surface area contributed by atoms with Crippen molar-refractivity contribution >= 4 is 29.9 Å². The molecule has 1 aromatic rings. The largest absolute Gasteiger partial charge is 0.380 e. The summed E-state index contributed by atoms with van der Waals surface area (Å²) >= 11 is 0. The molecule has 0 aliphatic rings. The van der Waals surface area contributed by atoms with E-state index < -0.39 is 0 Å². The summed E-state index contributed by atoms with van der Waals surface area (Å²) < 4.78 is 5.59. The molecule has 0 aliphatic carbocycles. The molecule has 5 nitrogen and oxygen atoms in total. The lowest BCUT2D eigenvalue weighted by Gasteiger charge is -2.12. The van der Waals surface area contributed by atoms with Crippen LogP contribution in [0.2, 0.25) is 0 Å². The molecular formula is C18H29IN4O. The number of hydrogen-bond acceptors (Lipinski definition) is 3. The van der Waals surface area contributed by atoms with Gasteiger partial charge in [-0.1, -0.05) is 26.0 Å². The van der Waals surface area contributed by atoms with E-state index in [4.69, 9.17) is 10.00 Å². The molecule has 0 atom stereocenters. The molecular weight excluding hydrogens is 415 g/mol. The Morgan fingerprint density at radius 2 is 1.92 bits per heavy atom. The lowest BCUT2D eigenvalue weighted by molar-refractivity contribution is 0.128. The molecule has 1 aromatic carbocycles. The average molecular weight is 444 g/mol. The van der Waals surface area contributed by atoms with E-state index in [9.17, 15) is 0 Å². The van der Waals surface area contributed by atoms with E-state index in [0.29, 0.717) is 24.6 Å². The first-order chi connectivity index (χ1) is 11.2. The Kier molecular flexibility index (Phi) is 13.3. The van der Waals surface area contributed by atoms with Crippen molar-refractivity contribution in [3.05, 3.63) is 35.4 Å². The van der Waals surface area contributed by atoms with Gasteiger partial charge in [0.25, 0.3) is 0 Å². The topological polar surface area (TPSA) is 69.4 Å². The van der Waals surface area contributed by atoms with Crippen molar-refractivity contribution in [3.8, 4) is 6.07 Å². The number of nitrogens with one attached hydrogen (secondary N) is 2. The second kappa shape index (κ2) is 14.1. The molecule has 0 fully saturated rings. The number of aliphatic imine (C=N–C) groups is 1. The lowest BCUT2D eigenvalue weighted by Crippen LogP contribution is -2.39. The van der Waals surface area contributed by atoms with Gasteiger partial charge in [-0.05, 0) is 37.0 Å². The van der Waals surface area contributed by atoms with Gasteiger partial charge in [-0.25, -0.2) is 4.99 Å². The minimum Gasteiger partial charge on any atom is -0.380 e. The number of guanidine groups is 1. The van der Waals surface area contributed by atoms with Gasteiger partial charge in [-0.15, -0.1) is 24.0 Å². The van der Waals surface area contributed by atoms with Gasteiger partial charge >= 0.3 is 0 Å². The van der Waals surface area contributed by atoms with Crippen LogP contribution in [0.25, 0.3) is 0 Å². The predicted octanol–water partition coefficient (Wildman–Crippen LogP) is 3.29. The van der Waals surface area contributed by atoms with Crippen LogP contribution < -0.4 is 10.6 Å². The minimum absolute atomic E-state index is 0. The highest BCUT2D eigenvalue weighted by molar-refractivity contribution is 14.0. The number of hydrogen-bond donors (Lipinski definition) is 2. The third-order valence-electron chi connectivity index (χ3n) is 3.23. The van der Waals surface area contributed by atoms with Crippen molar-refractivity contribution in [3.63, 3.8) is 0 Å². The number of nitrogens with zero attached hydrogens (tertiary/aromatic N) is 2. The summed E-state index contributed by atoms with van der Waals surface area (Å²) in [5.41, 5.74) is 1.75. The first-order valence-electron chi connectivity index (χ1n) is 8.24. The van der Waals surface area contributed by atoms with Crippen LogP contribution in [0.15, 0.2) is 29.3 Å². The second-order valence-electron chi connectivity index (χ2n) is 5.73. The molecule has 0 aromatic heterocycles. The summed E-state index contributed by atoms with van der Waals surface area (Å²) in [5.74, 6) is 1.46. The fourth-order valence-corrected chi connectivity index (χ4v) is 1.86. The van der Waals surface area contributed by atoms with Gasteiger partial charge in [0.15, 0.2) is 5.96 Å². The summed E-state index contributed by atoms with van der Waals surface area (Å²) in [6.45, 7) is 10.0. The molecule has 0 unspecified atom stereocenters. The van der Waals surface area contributed by atoms with E-state index in [1.807, 2.05) is 31.2 Å². The van der Waals surface area contributed by atoms with E-state index >= 15 is 0 Å². The maximum atomic E-state index is 8.80. The predicted molar refractivity (Wildman–Crippen MR) is 110 cm³/mol. The molecule has 0 saturated heterocycles. The van der Waals surface area contributed by atoms with Crippen LogP contribution in [0.5, 0.6) is 0 Å². The highest BCUT2D eigenvalue weighted by Gasteiger charge is 1.99. The molecule has 2 N–H and O–H groups in total. The summed E-state index contributed by atoms with van der Waals surface area (Å²) in [7, 11) is 0. The molecule has 0 aliphatic heterocycles. The Morgan fingerprint density at radius 3 is 2.50 bits per heavy atom. The number of ether oxygens (including phenoxy) is 1. The number of nitriles is 1. The lowest BCUT2D eigenvalue weighted by atomic mass is 10.1. The van der Waals surface area contributed by atoms with Gasteiger partial charge in [0, 0.05) is 19.7 Å². The van der Waals surface area contributed by atoms with Crippen LogP contribution in [-0.2, 0) is 11.3 Å². The van der Waals surface area contributed by atoms with Gasteiger partial charge in [-0.2, -0.15) is 5.26 Å². The van der Waals surface area contributed by atoms with Crippen molar-refractivity contribution < 1.29 is 4.74 Å². The van der Waals surface area contributed by atoms with E-state index in [-0.39, 0.29) is 24.0 Å². The van der Waals surface area contributed by atoms with Crippen LogP contribution in [0.4, 0.5) is 0 Å². The van der Waals surface area contributed by atoms with Gasteiger partial charge in [0.2, 0.25) is 0 Å². The zero-order valence-electron chi connectivity index (χ0n) is 14.8. The third kappa shape index (κ3) is 10.4. The highest BCUT2D eigenvalue weighted by atomic mass is 127. The molecule has 0 radical (unpaired) electrons. The maximum Gasteiger partial charge on any atom is 0.191 e. The van der Waals surface area contributed by atoms with Gasteiger partial charge in [-0.3, -0.25) is 0 Å². The smallest absolute Gasteiger partial charge is 0.191 e. The maximum absolute atomic E-state index is 8.80. The van der Waals surface area contributed by atoms with Crippen LogP contribution in [-0.4, -0.2) is 32.3 Å². The number of rotatable bonds is 9. The van der Waals surface area contributed by atoms with Crippen LogP contribution in [0, 0.1) is 17.2 Å². The fourth-order valence-electron chi connectivity index (χ4n) is 1.86. The number of benzene rings is 1. The Bertz CT molecular complexity index is 509. The number of halogens is 1. The van der Waals surface area contributed by atoms with Crippen molar-refractivity contribution in [2.75, 3.05) is 26.3 Å². The molecule has 0 amide bonds.